The van der Waals surface area contributed by atoms with Gasteiger partial charge in [0.05, 0.1) is 11.1 Å². The highest BCUT2D eigenvalue weighted by Crippen LogP contribution is 2.34. The van der Waals surface area contributed by atoms with E-state index in [1.807, 2.05) is 30.0 Å². The third-order valence-electron chi connectivity index (χ3n) is 2.76. The molecule has 18 heavy (non-hydrogen) atoms. The average Bonchev–Trinajstić information content (AvgIpc) is 2.71. The summed E-state index contributed by atoms with van der Waals surface area (Å²) in [6.45, 7) is 4.49. The maximum atomic E-state index is 5.87. The molecule has 0 fully saturated rings. The molecule has 2 aromatic rings. The minimum Gasteiger partial charge on any atom is -0.480 e. The van der Waals surface area contributed by atoms with Gasteiger partial charge in [-0.15, -0.1) is 6.42 Å². The molecule has 0 aliphatic heterocycles. The molecule has 0 aliphatic carbocycles. The number of fused-ring (bicyclic) bond motifs is 1. The Kier molecular flexibility index (Phi) is 4.22. The molecular formula is C15H16O2S. The number of terminal acetylenes is 1. The molecule has 2 rings (SSSR count). The number of furan rings is 1. The van der Waals surface area contributed by atoms with Crippen LogP contribution in [0.4, 0.5) is 0 Å². The van der Waals surface area contributed by atoms with Gasteiger partial charge in [0.15, 0.2) is 0 Å². The van der Waals surface area contributed by atoms with Crippen LogP contribution in [0.25, 0.3) is 11.0 Å². The molecule has 0 radical (unpaired) electrons. The fourth-order valence-electron chi connectivity index (χ4n) is 1.89. The Balaban J connectivity index is 2.42. The first-order chi connectivity index (χ1) is 8.77. The van der Waals surface area contributed by atoms with E-state index in [1.54, 1.807) is 0 Å². The molecule has 3 heteroatoms. The number of benzene rings is 1. The van der Waals surface area contributed by atoms with Crippen molar-refractivity contribution in [3.05, 3.63) is 29.5 Å². The molecule has 0 bridgehead atoms. The summed E-state index contributed by atoms with van der Waals surface area (Å²) in [6, 6.07) is 5.82. The molecule has 0 spiro atoms. The van der Waals surface area contributed by atoms with E-state index >= 15 is 0 Å². The van der Waals surface area contributed by atoms with Gasteiger partial charge in [0.25, 0.3) is 0 Å². The van der Waals surface area contributed by atoms with Gasteiger partial charge in [0, 0.05) is 5.56 Å². The third-order valence-corrected chi connectivity index (χ3v) is 3.64. The Morgan fingerprint density at radius 2 is 2.28 bits per heavy atom. The molecule has 0 N–H and O–H groups in total. The van der Waals surface area contributed by atoms with Crippen LogP contribution in [0.3, 0.4) is 0 Å². The quantitative estimate of drug-likeness (QED) is 0.758. The van der Waals surface area contributed by atoms with Crippen LogP contribution in [0.1, 0.15) is 18.2 Å². The molecule has 1 aromatic carbocycles. The Morgan fingerprint density at radius 3 is 3.00 bits per heavy atom. The summed E-state index contributed by atoms with van der Waals surface area (Å²) in [5.41, 5.74) is 2.02. The molecule has 0 amide bonds. The molecule has 0 unspecified atom stereocenters. The van der Waals surface area contributed by atoms with Gasteiger partial charge in [-0.25, -0.2) is 0 Å². The summed E-state index contributed by atoms with van der Waals surface area (Å²) >= 11 is 1.85. The number of hydrogen-bond acceptors (Lipinski definition) is 3. The first-order valence-electron chi connectivity index (χ1n) is 5.93. The molecule has 0 aliphatic rings. The predicted molar refractivity (Wildman–Crippen MR) is 77.1 cm³/mol. The normalized spacial score (nSPS) is 10.5. The van der Waals surface area contributed by atoms with Gasteiger partial charge in [0.1, 0.15) is 23.7 Å². The van der Waals surface area contributed by atoms with Gasteiger partial charge in [-0.3, -0.25) is 0 Å². The molecule has 2 nitrogen and oxygen atoms in total. The van der Waals surface area contributed by atoms with Crippen molar-refractivity contribution in [1.82, 2.24) is 0 Å². The molecule has 1 heterocycles. The van der Waals surface area contributed by atoms with E-state index < -0.39 is 0 Å². The van der Waals surface area contributed by atoms with Gasteiger partial charge >= 0.3 is 0 Å². The highest BCUT2D eigenvalue weighted by molar-refractivity contribution is 7.98. The van der Waals surface area contributed by atoms with Crippen molar-refractivity contribution in [3.63, 3.8) is 0 Å². The van der Waals surface area contributed by atoms with Crippen molar-refractivity contribution in [3.8, 4) is 18.1 Å². The first kappa shape index (κ1) is 12.9. The second kappa shape index (κ2) is 5.88. The van der Waals surface area contributed by atoms with E-state index in [2.05, 4.69) is 19.8 Å². The van der Waals surface area contributed by atoms with Crippen molar-refractivity contribution in [2.24, 2.45) is 0 Å². The summed E-state index contributed by atoms with van der Waals surface area (Å²) in [5.74, 6) is 6.29. The smallest absolute Gasteiger partial charge is 0.148 e. The number of ether oxygens (including phenoxy) is 1. The zero-order valence-corrected chi connectivity index (χ0v) is 11.5. The van der Waals surface area contributed by atoms with Crippen LogP contribution in [-0.4, -0.2) is 12.4 Å². The number of hydrogen-bond donors (Lipinski definition) is 0. The highest BCUT2D eigenvalue weighted by Gasteiger charge is 2.14. The second-order valence-electron chi connectivity index (χ2n) is 3.91. The fourth-order valence-corrected chi connectivity index (χ4v) is 2.55. The van der Waals surface area contributed by atoms with Crippen molar-refractivity contribution >= 4 is 22.7 Å². The Bertz CT molecular complexity index is 578. The lowest BCUT2D eigenvalue weighted by atomic mass is 10.1. The fraction of sp³-hybridized carbons (Fsp3) is 0.333. The van der Waals surface area contributed by atoms with Crippen LogP contribution in [0, 0.1) is 19.3 Å². The lowest BCUT2D eigenvalue weighted by Crippen LogP contribution is -1.94. The summed E-state index contributed by atoms with van der Waals surface area (Å²) in [6.07, 6.45) is 5.23. The Morgan fingerprint density at radius 1 is 1.44 bits per heavy atom. The number of rotatable bonds is 5. The van der Waals surface area contributed by atoms with Gasteiger partial charge < -0.3 is 9.15 Å². The van der Waals surface area contributed by atoms with Crippen molar-refractivity contribution in [2.45, 2.75) is 19.6 Å². The van der Waals surface area contributed by atoms with E-state index in [-0.39, 0.29) is 6.61 Å². The van der Waals surface area contributed by atoms with Crippen LogP contribution < -0.4 is 4.74 Å². The molecule has 0 saturated heterocycles. The Hall–Kier alpha value is -1.53. The third kappa shape index (κ3) is 2.49. The van der Waals surface area contributed by atoms with Crippen LogP contribution >= 0.6 is 11.8 Å². The number of thioether (sulfide) groups is 1. The standard InChI is InChI=1S/C15H16O2S/c1-4-9-16-12-7-6-8-13-15(12)11(3)14(17-13)10-18-5-2/h1,6-8H,5,9-10H2,2-3H3. The Labute approximate surface area is 112 Å². The SMILES string of the molecule is C#CCOc1cccc2oc(CSCC)c(C)c12. The summed E-state index contributed by atoms with van der Waals surface area (Å²) < 4.78 is 11.4. The van der Waals surface area contributed by atoms with Gasteiger partial charge in [-0.05, 0) is 24.8 Å². The summed E-state index contributed by atoms with van der Waals surface area (Å²) in [5, 5.41) is 1.04. The van der Waals surface area contributed by atoms with Gasteiger partial charge in [0.2, 0.25) is 0 Å². The minimum atomic E-state index is 0.281. The van der Waals surface area contributed by atoms with E-state index in [4.69, 9.17) is 15.6 Å². The van der Waals surface area contributed by atoms with Crippen LogP contribution in [-0.2, 0) is 5.75 Å². The van der Waals surface area contributed by atoms with E-state index in [9.17, 15) is 0 Å². The lowest BCUT2D eigenvalue weighted by Gasteiger charge is -2.03. The van der Waals surface area contributed by atoms with Crippen molar-refractivity contribution in [1.29, 1.82) is 0 Å². The highest BCUT2D eigenvalue weighted by atomic mass is 32.2. The van der Waals surface area contributed by atoms with Crippen LogP contribution in [0.2, 0.25) is 0 Å². The topological polar surface area (TPSA) is 22.4 Å². The molecule has 0 atom stereocenters. The predicted octanol–water partition coefficient (Wildman–Crippen LogP) is 4.01. The maximum absolute atomic E-state index is 5.87. The van der Waals surface area contributed by atoms with Crippen LogP contribution in [0.15, 0.2) is 22.6 Å². The van der Waals surface area contributed by atoms with Crippen molar-refractivity contribution < 1.29 is 9.15 Å². The summed E-state index contributed by atoms with van der Waals surface area (Å²) in [4.78, 5) is 0. The monoisotopic (exact) mass is 260 g/mol. The van der Waals surface area contributed by atoms with Gasteiger partial charge in [-0.1, -0.05) is 18.9 Å². The van der Waals surface area contributed by atoms with E-state index in [0.717, 1.165) is 39.5 Å². The first-order valence-corrected chi connectivity index (χ1v) is 7.08. The zero-order chi connectivity index (χ0) is 13.0. The molecule has 0 saturated carbocycles. The molecule has 1 aromatic heterocycles. The molecule has 94 valence electrons. The minimum absolute atomic E-state index is 0.281. The number of aryl methyl sites for hydroxylation is 1. The largest absolute Gasteiger partial charge is 0.480 e. The zero-order valence-electron chi connectivity index (χ0n) is 10.7. The molecular weight excluding hydrogens is 244 g/mol. The van der Waals surface area contributed by atoms with E-state index in [1.165, 1.54) is 0 Å². The van der Waals surface area contributed by atoms with Gasteiger partial charge in [-0.2, -0.15) is 11.8 Å². The van der Waals surface area contributed by atoms with Crippen molar-refractivity contribution in [2.75, 3.05) is 12.4 Å². The van der Waals surface area contributed by atoms with E-state index in [0.29, 0.717) is 0 Å². The maximum Gasteiger partial charge on any atom is 0.148 e. The van der Waals surface area contributed by atoms with Crippen LogP contribution in [0.5, 0.6) is 5.75 Å². The second-order valence-corrected chi connectivity index (χ2v) is 5.18. The average molecular weight is 260 g/mol. The lowest BCUT2D eigenvalue weighted by molar-refractivity contribution is 0.374. The summed E-state index contributed by atoms with van der Waals surface area (Å²) in [7, 11) is 0.